The fourth-order valence-corrected chi connectivity index (χ4v) is 1.44. The number of rotatable bonds is 14. The minimum Gasteiger partial charge on any atom is -0.389 e. The molecule has 0 aromatic carbocycles. The molecule has 116 valence electrons. The summed E-state index contributed by atoms with van der Waals surface area (Å²) < 4.78 is 15.7. The zero-order valence-electron chi connectivity index (χ0n) is 12.1. The van der Waals surface area contributed by atoms with E-state index in [-0.39, 0.29) is 0 Å². The molecule has 0 aromatic heterocycles. The molecule has 0 spiro atoms. The molecule has 0 saturated heterocycles. The minimum atomic E-state index is -0.548. The topological polar surface area (TPSA) is 80.2 Å². The maximum atomic E-state index is 9.42. The third-order valence-electron chi connectivity index (χ3n) is 2.40. The van der Waals surface area contributed by atoms with Gasteiger partial charge in [0.25, 0.3) is 0 Å². The molecular weight excluding hydrogens is 250 g/mol. The van der Waals surface area contributed by atoms with Gasteiger partial charge in [0.2, 0.25) is 0 Å². The Labute approximate surface area is 116 Å². The Hall–Kier alpha value is -0.240. The van der Waals surface area contributed by atoms with Crippen LogP contribution in [0.3, 0.4) is 0 Å². The summed E-state index contributed by atoms with van der Waals surface area (Å²) in [6.07, 6.45) is 0.764. The zero-order chi connectivity index (χ0) is 14.3. The Morgan fingerprint density at radius 1 is 0.895 bits per heavy atom. The van der Waals surface area contributed by atoms with Crippen molar-refractivity contribution in [2.45, 2.75) is 32.0 Å². The molecule has 0 rings (SSSR count). The van der Waals surface area contributed by atoms with Crippen LogP contribution >= 0.6 is 0 Å². The summed E-state index contributed by atoms with van der Waals surface area (Å²) >= 11 is 0. The number of hydrogen-bond donors (Lipinski definition) is 3. The summed E-state index contributed by atoms with van der Waals surface area (Å²) in [5.74, 6) is 0. The van der Waals surface area contributed by atoms with Crippen LogP contribution in [-0.4, -0.2) is 75.7 Å². The van der Waals surface area contributed by atoms with Crippen molar-refractivity contribution in [1.29, 1.82) is 0 Å². The first-order valence-corrected chi connectivity index (χ1v) is 6.94. The van der Waals surface area contributed by atoms with Gasteiger partial charge in [0.15, 0.2) is 0 Å². The van der Waals surface area contributed by atoms with Crippen molar-refractivity contribution in [3.63, 3.8) is 0 Å². The van der Waals surface area contributed by atoms with Crippen LogP contribution in [0.4, 0.5) is 0 Å². The van der Waals surface area contributed by atoms with Crippen molar-refractivity contribution in [2.24, 2.45) is 0 Å². The molecule has 0 heterocycles. The monoisotopic (exact) mass is 279 g/mol. The molecule has 0 aliphatic rings. The van der Waals surface area contributed by atoms with Crippen LogP contribution in [0, 0.1) is 0 Å². The molecular formula is C13H29NO5. The molecule has 0 radical (unpaired) electrons. The lowest BCUT2D eigenvalue weighted by atomic mass is 10.3. The predicted octanol–water partition coefficient (Wildman–Crippen LogP) is -0.222. The van der Waals surface area contributed by atoms with Crippen molar-refractivity contribution >= 4 is 0 Å². The van der Waals surface area contributed by atoms with Gasteiger partial charge in [-0.1, -0.05) is 0 Å². The highest BCUT2D eigenvalue weighted by Crippen LogP contribution is 1.95. The molecule has 0 fully saturated rings. The Kier molecular flexibility index (Phi) is 14.0. The second-order valence-corrected chi connectivity index (χ2v) is 4.38. The number of unbranched alkanes of at least 4 members (excludes halogenated alkanes) is 1. The van der Waals surface area contributed by atoms with Crippen LogP contribution < -0.4 is 5.32 Å². The fraction of sp³-hybridized carbons (Fsp3) is 1.00. The summed E-state index contributed by atoms with van der Waals surface area (Å²) in [5, 5.41) is 21.7. The first-order valence-electron chi connectivity index (χ1n) is 6.94. The molecule has 6 nitrogen and oxygen atoms in total. The van der Waals surface area contributed by atoms with Gasteiger partial charge in [-0.05, 0) is 26.8 Å². The van der Waals surface area contributed by atoms with E-state index in [4.69, 9.17) is 14.2 Å². The third kappa shape index (κ3) is 14.0. The van der Waals surface area contributed by atoms with Crippen LogP contribution in [0.2, 0.25) is 0 Å². The molecule has 2 unspecified atom stereocenters. The molecule has 19 heavy (non-hydrogen) atoms. The first kappa shape index (κ1) is 18.8. The van der Waals surface area contributed by atoms with Gasteiger partial charge in [-0.3, -0.25) is 0 Å². The number of nitrogens with one attached hydrogen (secondary N) is 1. The van der Waals surface area contributed by atoms with Crippen LogP contribution in [0.15, 0.2) is 0 Å². The molecule has 0 saturated carbocycles. The van der Waals surface area contributed by atoms with E-state index in [2.05, 4.69) is 5.32 Å². The van der Waals surface area contributed by atoms with E-state index in [1.165, 1.54) is 0 Å². The second-order valence-electron chi connectivity index (χ2n) is 4.38. The van der Waals surface area contributed by atoms with Gasteiger partial charge in [-0.25, -0.2) is 0 Å². The van der Waals surface area contributed by atoms with E-state index in [0.717, 1.165) is 12.8 Å². The highest BCUT2D eigenvalue weighted by Gasteiger charge is 2.04. The highest BCUT2D eigenvalue weighted by atomic mass is 16.5. The third-order valence-corrected chi connectivity index (χ3v) is 2.40. The minimum absolute atomic E-state index is 0.307. The molecule has 2 atom stereocenters. The van der Waals surface area contributed by atoms with Gasteiger partial charge in [-0.2, -0.15) is 0 Å². The summed E-state index contributed by atoms with van der Waals surface area (Å²) in [6.45, 7) is 5.24. The van der Waals surface area contributed by atoms with Crippen molar-refractivity contribution in [2.75, 3.05) is 53.2 Å². The van der Waals surface area contributed by atoms with Crippen LogP contribution in [0.25, 0.3) is 0 Å². The van der Waals surface area contributed by atoms with E-state index in [9.17, 15) is 10.2 Å². The van der Waals surface area contributed by atoms with Crippen molar-refractivity contribution in [3.8, 4) is 0 Å². The second kappa shape index (κ2) is 14.2. The Morgan fingerprint density at radius 3 is 1.95 bits per heavy atom. The van der Waals surface area contributed by atoms with Gasteiger partial charge >= 0.3 is 0 Å². The summed E-state index contributed by atoms with van der Waals surface area (Å²) in [4.78, 5) is 0. The van der Waals surface area contributed by atoms with Gasteiger partial charge in [0.1, 0.15) is 6.10 Å². The Morgan fingerprint density at radius 2 is 1.42 bits per heavy atom. The molecule has 0 aliphatic heterocycles. The number of aliphatic hydroxyl groups excluding tert-OH is 2. The SMILES string of the molecule is CCOCC(O)COCCCCOCC(O)CNC. The summed E-state index contributed by atoms with van der Waals surface area (Å²) in [7, 11) is 1.79. The van der Waals surface area contributed by atoms with E-state index < -0.39 is 12.2 Å². The van der Waals surface area contributed by atoms with Crippen molar-refractivity contribution < 1.29 is 24.4 Å². The summed E-state index contributed by atoms with van der Waals surface area (Å²) in [5.41, 5.74) is 0. The van der Waals surface area contributed by atoms with Crippen LogP contribution in [0.1, 0.15) is 19.8 Å². The average molecular weight is 279 g/mol. The lowest BCUT2D eigenvalue weighted by Crippen LogP contribution is -2.28. The number of hydrogen-bond acceptors (Lipinski definition) is 6. The lowest BCUT2D eigenvalue weighted by Gasteiger charge is -2.12. The number of aliphatic hydroxyl groups is 2. The molecule has 0 aliphatic carbocycles. The first-order chi connectivity index (χ1) is 9.20. The van der Waals surface area contributed by atoms with E-state index in [1.807, 2.05) is 6.92 Å². The van der Waals surface area contributed by atoms with Gasteiger partial charge < -0.3 is 29.7 Å². The van der Waals surface area contributed by atoms with Gasteiger partial charge in [-0.15, -0.1) is 0 Å². The quantitative estimate of drug-likeness (QED) is 0.381. The Balaban J connectivity index is 3.14. The lowest BCUT2D eigenvalue weighted by molar-refractivity contribution is -0.0184. The van der Waals surface area contributed by atoms with Crippen LogP contribution in [0.5, 0.6) is 0 Å². The standard InChI is InChI=1S/C13H29NO5/c1-3-17-10-13(16)11-19-7-5-4-6-18-9-12(15)8-14-2/h12-16H,3-11H2,1-2H3. The number of ether oxygens (including phenoxy) is 3. The van der Waals surface area contributed by atoms with Gasteiger partial charge in [0.05, 0.1) is 25.9 Å². The van der Waals surface area contributed by atoms with Gasteiger partial charge in [0, 0.05) is 26.4 Å². The van der Waals surface area contributed by atoms with E-state index in [1.54, 1.807) is 7.05 Å². The average Bonchev–Trinajstić information content (AvgIpc) is 2.39. The maximum absolute atomic E-state index is 9.42. The summed E-state index contributed by atoms with van der Waals surface area (Å²) in [6, 6.07) is 0. The Bertz CT molecular complexity index is 182. The molecule has 0 amide bonds. The zero-order valence-corrected chi connectivity index (χ0v) is 12.1. The van der Waals surface area contributed by atoms with Crippen molar-refractivity contribution in [3.05, 3.63) is 0 Å². The predicted molar refractivity (Wildman–Crippen MR) is 73.3 cm³/mol. The molecule has 0 aromatic rings. The van der Waals surface area contributed by atoms with E-state index >= 15 is 0 Å². The largest absolute Gasteiger partial charge is 0.389 e. The highest BCUT2D eigenvalue weighted by molar-refractivity contribution is 4.55. The molecule has 6 heteroatoms. The molecule has 3 N–H and O–H groups in total. The number of likely N-dealkylation sites (N-methyl/N-ethyl adjacent to an activating group) is 1. The maximum Gasteiger partial charge on any atom is 0.101 e. The van der Waals surface area contributed by atoms with E-state index in [0.29, 0.717) is 46.2 Å². The normalized spacial score (nSPS) is 14.5. The van der Waals surface area contributed by atoms with Crippen molar-refractivity contribution in [1.82, 2.24) is 5.32 Å². The smallest absolute Gasteiger partial charge is 0.101 e. The fourth-order valence-electron chi connectivity index (χ4n) is 1.44. The van der Waals surface area contributed by atoms with Crippen LogP contribution in [-0.2, 0) is 14.2 Å². The molecule has 0 bridgehead atoms.